The van der Waals surface area contributed by atoms with E-state index >= 15 is 0 Å². The number of aliphatic hydroxyl groups is 3. The van der Waals surface area contributed by atoms with Crippen molar-refractivity contribution in [2.24, 2.45) is 5.92 Å². The van der Waals surface area contributed by atoms with Gasteiger partial charge in [0.15, 0.2) is 5.60 Å². The fraction of sp³-hybridized carbons (Fsp3) is 0.400. The van der Waals surface area contributed by atoms with Crippen LogP contribution in [0.1, 0.15) is 55.5 Å². The lowest BCUT2D eigenvalue weighted by atomic mass is 9.83. The molecule has 0 fully saturated rings. The second kappa shape index (κ2) is 16.6. The summed E-state index contributed by atoms with van der Waals surface area (Å²) in [5.74, 6) is -0.265. The van der Waals surface area contributed by atoms with Crippen molar-refractivity contribution in [3.05, 3.63) is 107 Å². The summed E-state index contributed by atoms with van der Waals surface area (Å²) < 4.78 is 7.49. The highest BCUT2D eigenvalue weighted by atomic mass is 16.5. The number of rotatable bonds is 17. The van der Waals surface area contributed by atoms with Gasteiger partial charge >= 0.3 is 0 Å². The van der Waals surface area contributed by atoms with E-state index in [1.165, 1.54) is 0 Å². The van der Waals surface area contributed by atoms with Crippen LogP contribution in [-0.2, 0) is 41.1 Å². The molecule has 0 saturated heterocycles. The van der Waals surface area contributed by atoms with Crippen LogP contribution in [0.25, 0.3) is 0 Å². The van der Waals surface area contributed by atoms with Gasteiger partial charge in [-0.1, -0.05) is 54.6 Å². The van der Waals surface area contributed by atoms with Crippen LogP contribution in [0.15, 0.2) is 85.1 Å². The third kappa shape index (κ3) is 7.65. The molecule has 4 N–H and O–H groups in total. The first-order chi connectivity index (χ1) is 25.3. The fourth-order valence-electron chi connectivity index (χ4n) is 7.08. The highest BCUT2D eigenvalue weighted by molar-refractivity contribution is 6.08. The number of hydrogen-bond acceptors (Lipinski definition) is 9. The first-order valence-electron chi connectivity index (χ1n) is 18.1. The number of allylic oxidation sites excluding steroid dienone is 1. The van der Waals surface area contributed by atoms with Crippen LogP contribution < -0.4 is 19.9 Å². The molecule has 2 amide bonds. The monoisotopic (exact) mass is 708 g/mol. The van der Waals surface area contributed by atoms with Gasteiger partial charge < -0.3 is 30.3 Å². The summed E-state index contributed by atoms with van der Waals surface area (Å²) in [5.41, 5.74) is 3.42. The molecule has 0 radical (unpaired) electrons. The van der Waals surface area contributed by atoms with Gasteiger partial charge in [-0.25, -0.2) is 0 Å². The number of aliphatic hydroxyl groups excluding tert-OH is 2. The van der Waals surface area contributed by atoms with Crippen molar-refractivity contribution in [2.45, 2.75) is 70.7 Å². The molecule has 0 saturated carbocycles. The number of benzene rings is 3. The molecule has 2 aliphatic rings. The Morgan fingerprint density at radius 1 is 1.04 bits per heavy atom. The number of ether oxygens (including phenoxy) is 1. The number of aromatic nitrogens is 3. The van der Waals surface area contributed by atoms with E-state index in [-0.39, 0.29) is 25.7 Å². The Hall–Kier alpha value is -4.88. The summed E-state index contributed by atoms with van der Waals surface area (Å²) in [4.78, 5) is 31.7. The first-order valence-corrected chi connectivity index (χ1v) is 18.1. The zero-order valence-corrected chi connectivity index (χ0v) is 29.8. The predicted molar refractivity (Wildman–Crippen MR) is 198 cm³/mol. The zero-order valence-electron chi connectivity index (χ0n) is 29.8. The molecule has 3 aromatic carbocycles. The Bertz CT molecular complexity index is 1890. The van der Waals surface area contributed by atoms with Gasteiger partial charge in [0.25, 0.3) is 5.91 Å². The molecular formula is C40H48N6O6. The molecule has 0 bridgehead atoms. The highest BCUT2D eigenvalue weighted by Crippen LogP contribution is 2.46. The Balaban J connectivity index is 1.22. The van der Waals surface area contributed by atoms with E-state index in [1.54, 1.807) is 26.7 Å². The largest absolute Gasteiger partial charge is 0.494 e. The van der Waals surface area contributed by atoms with E-state index in [4.69, 9.17) is 9.84 Å². The molecule has 1 aromatic heterocycles. The lowest BCUT2D eigenvalue weighted by Gasteiger charge is -2.35. The van der Waals surface area contributed by atoms with Crippen molar-refractivity contribution in [1.29, 1.82) is 0 Å². The Labute approximate surface area is 304 Å². The van der Waals surface area contributed by atoms with Crippen molar-refractivity contribution in [1.82, 2.24) is 20.3 Å². The van der Waals surface area contributed by atoms with E-state index in [9.17, 15) is 19.8 Å². The average molecular weight is 709 g/mol. The minimum Gasteiger partial charge on any atom is -0.494 e. The SMILES string of the molecule is CCOc1ccc2c(c1)CC(NCCCCO)C(=O)N2c1cccc(CN2C(=O)[C@@](O)([C@@H](C)/C=C/CCn3cc(CCO)nn3)c3ccccc32)c1. The Morgan fingerprint density at radius 3 is 2.69 bits per heavy atom. The summed E-state index contributed by atoms with van der Waals surface area (Å²) in [6.45, 7) is 5.81. The van der Waals surface area contributed by atoms with Crippen LogP contribution in [0.4, 0.5) is 17.1 Å². The molecule has 12 heteroatoms. The van der Waals surface area contributed by atoms with Crippen molar-refractivity contribution in [3.8, 4) is 5.75 Å². The van der Waals surface area contributed by atoms with Gasteiger partial charge in [-0.3, -0.25) is 19.2 Å². The third-order valence-electron chi connectivity index (χ3n) is 9.77. The minimum atomic E-state index is -1.76. The molecule has 12 nitrogen and oxygen atoms in total. The van der Waals surface area contributed by atoms with Gasteiger partial charge in [-0.15, -0.1) is 5.10 Å². The number of amides is 2. The lowest BCUT2D eigenvalue weighted by Crippen LogP contribution is -2.49. The van der Waals surface area contributed by atoms with Gasteiger partial charge in [0.2, 0.25) is 5.91 Å². The topological polar surface area (TPSA) is 153 Å². The second-order valence-corrected chi connectivity index (χ2v) is 13.3. The number of nitrogens with one attached hydrogen (secondary N) is 1. The standard InChI is InChI=1S/C40H48N6O6/c1-3-52-33-16-17-36-30(24-33)25-35(41-19-7-9-21-47)38(49)46(36)32-13-10-12-29(23-32)26-45-37-15-5-4-14-34(37)40(51,39(45)50)28(2)11-6-8-20-44-27-31(18-22-48)42-43-44/h4-6,10-17,23-24,27-28,35,41,47-48,51H,3,7-9,18-22,25-26H2,1-2H3/b11-6+/t28-,35?,40+/m0/s1. The van der Waals surface area contributed by atoms with Crippen LogP contribution in [0.5, 0.6) is 5.75 Å². The third-order valence-corrected chi connectivity index (χ3v) is 9.77. The van der Waals surface area contributed by atoms with Crippen molar-refractivity contribution < 1.29 is 29.6 Å². The van der Waals surface area contributed by atoms with Crippen molar-refractivity contribution in [2.75, 3.05) is 36.2 Å². The number of carbonyl (C=O) groups excluding carboxylic acids is 2. The minimum absolute atomic E-state index is 0.0147. The second-order valence-electron chi connectivity index (χ2n) is 13.3. The number of para-hydroxylation sites is 1. The van der Waals surface area contributed by atoms with E-state index < -0.39 is 23.5 Å². The molecule has 274 valence electrons. The molecular weight excluding hydrogens is 660 g/mol. The Kier molecular flexibility index (Phi) is 11.8. The quantitative estimate of drug-likeness (QED) is 0.0935. The smallest absolute Gasteiger partial charge is 0.264 e. The summed E-state index contributed by atoms with van der Waals surface area (Å²) in [5, 5.41) is 42.0. The van der Waals surface area contributed by atoms with Crippen LogP contribution in [0.3, 0.4) is 0 Å². The maximum atomic E-state index is 14.2. The number of unbranched alkanes of at least 4 members (excludes halogenated alkanes) is 1. The van der Waals surface area contributed by atoms with E-state index in [2.05, 4.69) is 15.6 Å². The molecule has 3 heterocycles. The van der Waals surface area contributed by atoms with Gasteiger partial charge in [0, 0.05) is 49.5 Å². The van der Waals surface area contributed by atoms with Crippen LogP contribution in [-0.4, -0.2) is 74.5 Å². The summed E-state index contributed by atoms with van der Waals surface area (Å²) >= 11 is 0. The maximum absolute atomic E-state index is 14.2. The van der Waals surface area contributed by atoms with Gasteiger partial charge in [-0.2, -0.15) is 0 Å². The van der Waals surface area contributed by atoms with E-state index in [0.29, 0.717) is 62.3 Å². The maximum Gasteiger partial charge on any atom is 0.264 e. The van der Waals surface area contributed by atoms with Gasteiger partial charge in [0.1, 0.15) is 5.75 Å². The van der Waals surface area contributed by atoms with Crippen LogP contribution in [0, 0.1) is 5.92 Å². The van der Waals surface area contributed by atoms with E-state index in [0.717, 1.165) is 34.7 Å². The number of aryl methyl sites for hydroxylation is 1. The number of nitrogens with zero attached hydrogens (tertiary/aromatic N) is 5. The predicted octanol–water partition coefficient (Wildman–Crippen LogP) is 4.18. The Morgan fingerprint density at radius 2 is 1.88 bits per heavy atom. The number of anilines is 3. The molecule has 52 heavy (non-hydrogen) atoms. The fourth-order valence-corrected chi connectivity index (χ4v) is 7.08. The van der Waals surface area contributed by atoms with Crippen molar-refractivity contribution in [3.63, 3.8) is 0 Å². The normalized spacial score (nSPS) is 19.0. The lowest BCUT2D eigenvalue weighted by molar-refractivity contribution is -0.139. The summed E-state index contributed by atoms with van der Waals surface area (Å²) in [6.07, 6.45) is 8.62. The number of carbonyl (C=O) groups is 2. The summed E-state index contributed by atoms with van der Waals surface area (Å²) in [6, 6.07) is 20.3. The number of fused-ring (bicyclic) bond motifs is 2. The van der Waals surface area contributed by atoms with Gasteiger partial charge in [-0.05, 0) is 86.7 Å². The van der Waals surface area contributed by atoms with Gasteiger partial charge in [0.05, 0.1) is 36.3 Å². The molecule has 2 aliphatic heterocycles. The van der Waals surface area contributed by atoms with Crippen LogP contribution in [0.2, 0.25) is 0 Å². The molecule has 6 rings (SSSR count). The molecule has 0 aliphatic carbocycles. The molecule has 4 aromatic rings. The van der Waals surface area contributed by atoms with Crippen molar-refractivity contribution >= 4 is 28.9 Å². The summed E-state index contributed by atoms with van der Waals surface area (Å²) in [7, 11) is 0. The zero-order chi connectivity index (χ0) is 36.7. The molecule has 1 unspecified atom stereocenters. The highest BCUT2D eigenvalue weighted by Gasteiger charge is 2.52. The average Bonchev–Trinajstić information content (AvgIpc) is 3.69. The molecule has 3 atom stereocenters. The van der Waals surface area contributed by atoms with E-state index in [1.807, 2.05) is 86.7 Å². The van der Waals surface area contributed by atoms with Crippen LogP contribution >= 0.6 is 0 Å². The number of hydrogen-bond donors (Lipinski definition) is 4. The molecule has 0 spiro atoms. The first kappa shape index (κ1) is 36.9.